The molecule has 0 radical (unpaired) electrons. The highest BCUT2D eigenvalue weighted by Gasteiger charge is 2.23. The Morgan fingerprint density at radius 1 is 1.38 bits per heavy atom. The molecule has 0 bridgehead atoms. The minimum Gasteiger partial charge on any atom is -0.490 e. The maximum absolute atomic E-state index is 12.9. The molecule has 0 saturated carbocycles. The van der Waals surface area contributed by atoms with E-state index in [9.17, 15) is 14.9 Å². The number of carbonyl (C=O) groups excluding carboxylic acids is 2. The van der Waals surface area contributed by atoms with E-state index in [4.69, 9.17) is 9.47 Å². The van der Waals surface area contributed by atoms with Crippen LogP contribution in [0.4, 0.5) is 16.4 Å². The lowest BCUT2D eigenvalue weighted by Crippen LogP contribution is -2.36. The van der Waals surface area contributed by atoms with E-state index in [0.717, 1.165) is 24.8 Å². The average molecular weight is 395 g/mol. The lowest BCUT2D eigenvalue weighted by Gasteiger charge is -2.22. The summed E-state index contributed by atoms with van der Waals surface area (Å²) >= 11 is 0. The summed E-state index contributed by atoms with van der Waals surface area (Å²) in [4.78, 5) is 34.0. The second-order valence-corrected chi connectivity index (χ2v) is 6.39. The first-order chi connectivity index (χ1) is 14.2. The van der Waals surface area contributed by atoms with E-state index >= 15 is 0 Å². The number of amides is 2. The second-order valence-electron chi connectivity index (χ2n) is 6.39. The average Bonchev–Trinajstić information content (AvgIpc) is 2.96. The Bertz CT molecular complexity index is 941. The molecule has 1 aliphatic heterocycles. The zero-order valence-electron chi connectivity index (χ0n) is 16.1. The van der Waals surface area contributed by atoms with Crippen LogP contribution in [-0.4, -0.2) is 49.2 Å². The van der Waals surface area contributed by atoms with Crippen molar-refractivity contribution in [3.8, 4) is 11.8 Å². The fourth-order valence-electron chi connectivity index (χ4n) is 3.00. The van der Waals surface area contributed by atoms with Crippen LogP contribution in [0.5, 0.6) is 5.75 Å². The van der Waals surface area contributed by atoms with Gasteiger partial charge in [-0.3, -0.25) is 15.0 Å². The highest BCUT2D eigenvalue weighted by molar-refractivity contribution is 6.01. The molecule has 2 amide bonds. The Kier molecular flexibility index (Phi) is 6.71. The van der Waals surface area contributed by atoms with Crippen molar-refractivity contribution in [1.29, 1.82) is 5.26 Å². The van der Waals surface area contributed by atoms with Crippen LogP contribution < -0.4 is 15.0 Å². The predicted octanol–water partition coefficient (Wildman–Crippen LogP) is 2.56. The molecule has 0 atom stereocenters. The molecule has 9 heteroatoms. The van der Waals surface area contributed by atoms with Crippen molar-refractivity contribution >= 4 is 24.0 Å². The third-order valence-electron chi connectivity index (χ3n) is 4.44. The van der Waals surface area contributed by atoms with Crippen LogP contribution in [0.1, 0.15) is 34.5 Å². The molecule has 0 aliphatic carbocycles. The van der Waals surface area contributed by atoms with Gasteiger partial charge in [-0.1, -0.05) is 6.07 Å². The first-order valence-electron chi connectivity index (χ1n) is 9.21. The summed E-state index contributed by atoms with van der Waals surface area (Å²) < 4.78 is 10.5. The number of hydrogen-bond donors (Lipinski definition) is 1. The van der Waals surface area contributed by atoms with Crippen LogP contribution in [0.2, 0.25) is 0 Å². The molecule has 0 unspecified atom stereocenters. The Hall–Kier alpha value is -3.51. The third kappa shape index (κ3) is 4.86. The van der Waals surface area contributed by atoms with Crippen molar-refractivity contribution in [2.24, 2.45) is 0 Å². The molecule has 2 aromatic heterocycles. The van der Waals surface area contributed by atoms with Gasteiger partial charge in [0.15, 0.2) is 6.29 Å². The number of nitrogens with one attached hydrogen (secondary N) is 1. The number of aldehydes is 1. The van der Waals surface area contributed by atoms with Gasteiger partial charge >= 0.3 is 6.03 Å². The van der Waals surface area contributed by atoms with Crippen LogP contribution in [0.3, 0.4) is 0 Å². The zero-order valence-corrected chi connectivity index (χ0v) is 16.1. The number of rotatable bonds is 6. The van der Waals surface area contributed by atoms with E-state index in [2.05, 4.69) is 15.3 Å². The van der Waals surface area contributed by atoms with Crippen LogP contribution in [-0.2, 0) is 11.2 Å². The number of anilines is 2. The summed E-state index contributed by atoms with van der Waals surface area (Å²) in [7, 11) is 1.55. The molecule has 9 nitrogen and oxygen atoms in total. The summed E-state index contributed by atoms with van der Waals surface area (Å²) in [6, 6.07) is 6.58. The van der Waals surface area contributed by atoms with E-state index in [0.29, 0.717) is 31.0 Å². The van der Waals surface area contributed by atoms with E-state index in [1.165, 1.54) is 17.2 Å². The second kappa shape index (κ2) is 9.61. The molecule has 1 aliphatic rings. The molecule has 1 N–H and O–H groups in total. The van der Waals surface area contributed by atoms with Gasteiger partial charge in [-0.25, -0.2) is 14.8 Å². The number of methoxy groups -OCH3 is 1. The van der Waals surface area contributed by atoms with E-state index in [-0.39, 0.29) is 23.7 Å². The van der Waals surface area contributed by atoms with E-state index < -0.39 is 6.03 Å². The number of nitriles is 1. The lowest BCUT2D eigenvalue weighted by atomic mass is 10.1. The van der Waals surface area contributed by atoms with Crippen molar-refractivity contribution < 1.29 is 19.1 Å². The van der Waals surface area contributed by atoms with Gasteiger partial charge in [0.25, 0.3) is 0 Å². The van der Waals surface area contributed by atoms with E-state index in [1.807, 2.05) is 12.1 Å². The van der Waals surface area contributed by atoms with Crippen LogP contribution in [0.15, 0.2) is 24.4 Å². The van der Waals surface area contributed by atoms with Crippen molar-refractivity contribution in [3.05, 3.63) is 41.2 Å². The maximum Gasteiger partial charge on any atom is 0.328 e. The first kappa shape index (κ1) is 20.2. The Labute approximate surface area is 168 Å². The number of ether oxygens (including phenoxy) is 2. The zero-order chi connectivity index (χ0) is 20.6. The lowest BCUT2D eigenvalue weighted by molar-refractivity contribution is 0.111. The van der Waals surface area contributed by atoms with Crippen molar-refractivity contribution in [2.45, 2.75) is 19.3 Å². The molecule has 0 fully saturated rings. The molecule has 3 rings (SSSR count). The summed E-state index contributed by atoms with van der Waals surface area (Å²) in [6.07, 6.45) is 4.53. The van der Waals surface area contributed by atoms with Gasteiger partial charge in [0, 0.05) is 19.7 Å². The Morgan fingerprint density at radius 2 is 2.24 bits per heavy atom. The summed E-state index contributed by atoms with van der Waals surface area (Å²) in [5, 5.41) is 11.9. The van der Waals surface area contributed by atoms with Gasteiger partial charge < -0.3 is 9.47 Å². The van der Waals surface area contributed by atoms with Gasteiger partial charge in [0.2, 0.25) is 0 Å². The highest BCUT2D eigenvalue weighted by Crippen LogP contribution is 2.26. The molecule has 150 valence electrons. The topological polar surface area (TPSA) is 117 Å². The molecule has 0 spiro atoms. The number of urea groups is 1. The minimum absolute atomic E-state index is 0.249. The standard InChI is InChI=1S/C20H21N5O4/c1-28-8-9-29-17-10-18(22-12-15(17)11-21)24-20(27)25-7-3-2-4-14-5-6-16(13-26)23-19(14)25/h5-6,10,12-13H,2-4,7-9H2,1H3,(H,22,24,27). The van der Waals surface area contributed by atoms with Gasteiger partial charge in [-0.2, -0.15) is 5.26 Å². The quantitative estimate of drug-likeness (QED) is 0.590. The molecule has 2 aromatic rings. The molecular weight excluding hydrogens is 374 g/mol. The predicted molar refractivity (Wildman–Crippen MR) is 105 cm³/mol. The fourth-order valence-corrected chi connectivity index (χ4v) is 3.00. The summed E-state index contributed by atoms with van der Waals surface area (Å²) in [5.74, 6) is 1.04. The van der Waals surface area contributed by atoms with Gasteiger partial charge in [-0.05, 0) is 30.9 Å². The largest absolute Gasteiger partial charge is 0.490 e. The third-order valence-corrected chi connectivity index (χ3v) is 4.44. The number of aromatic nitrogens is 2. The van der Waals surface area contributed by atoms with Gasteiger partial charge in [0.1, 0.15) is 41.3 Å². The first-order valence-corrected chi connectivity index (χ1v) is 9.21. The van der Waals surface area contributed by atoms with Crippen molar-refractivity contribution in [3.63, 3.8) is 0 Å². The summed E-state index contributed by atoms with van der Waals surface area (Å²) in [6.45, 7) is 1.10. The van der Waals surface area contributed by atoms with Crippen molar-refractivity contribution in [2.75, 3.05) is 37.1 Å². The molecule has 29 heavy (non-hydrogen) atoms. The fraction of sp³-hybridized carbons (Fsp3) is 0.350. The Morgan fingerprint density at radius 3 is 3.00 bits per heavy atom. The van der Waals surface area contributed by atoms with Crippen LogP contribution in [0.25, 0.3) is 0 Å². The minimum atomic E-state index is -0.413. The highest BCUT2D eigenvalue weighted by atomic mass is 16.5. The van der Waals surface area contributed by atoms with Crippen LogP contribution >= 0.6 is 0 Å². The van der Waals surface area contributed by atoms with E-state index in [1.54, 1.807) is 13.2 Å². The number of carbonyl (C=O) groups is 2. The number of aryl methyl sites for hydroxylation is 1. The number of hydrogen-bond acceptors (Lipinski definition) is 7. The molecule has 0 aromatic carbocycles. The van der Waals surface area contributed by atoms with Gasteiger partial charge in [-0.15, -0.1) is 0 Å². The molecule has 0 saturated heterocycles. The van der Waals surface area contributed by atoms with Gasteiger partial charge in [0.05, 0.1) is 12.8 Å². The normalized spacial score (nSPS) is 13.0. The summed E-state index contributed by atoms with van der Waals surface area (Å²) in [5.41, 5.74) is 1.45. The van der Waals surface area contributed by atoms with Crippen LogP contribution in [0, 0.1) is 11.3 Å². The maximum atomic E-state index is 12.9. The van der Waals surface area contributed by atoms with Crippen molar-refractivity contribution in [1.82, 2.24) is 9.97 Å². The monoisotopic (exact) mass is 395 g/mol. The number of fused-ring (bicyclic) bond motifs is 1. The Balaban J connectivity index is 1.82. The molecular formula is C20H21N5O4. The SMILES string of the molecule is COCCOc1cc(NC(=O)N2CCCCc3ccc(C=O)nc32)ncc1C#N. The number of pyridine rings is 2. The molecule has 3 heterocycles. The number of nitrogens with zero attached hydrogens (tertiary/aromatic N) is 4. The smallest absolute Gasteiger partial charge is 0.328 e.